The number of unbranched alkanes of at least 4 members (excludes halogenated alkanes) is 3. The summed E-state index contributed by atoms with van der Waals surface area (Å²) in [5.41, 5.74) is 0.323. The summed E-state index contributed by atoms with van der Waals surface area (Å²) in [5, 5.41) is 0.631. The minimum absolute atomic E-state index is 0.299. The van der Waals surface area contributed by atoms with E-state index in [1.54, 1.807) is 13.1 Å². The summed E-state index contributed by atoms with van der Waals surface area (Å²) < 4.78 is 12.7. The number of nitrogens with zero attached hydrogens (tertiary/aromatic N) is 2. The Balaban J connectivity index is 1.72. The van der Waals surface area contributed by atoms with E-state index in [4.69, 9.17) is 32.7 Å². The Morgan fingerprint density at radius 1 is 1.16 bits per heavy atom. The van der Waals surface area contributed by atoms with Gasteiger partial charge in [-0.25, -0.2) is 9.78 Å². The summed E-state index contributed by atoms with van der Waals surface area (Å²) in [6.45, 7) is 3.55. The number of hydrogen-bond donors (Lipinski definition) is 0. The van der Waals surface area contributed by atoms with E-state index in [0.717, 1.165) is 32.2 Å². The second-order valence-corrected chi connectivity index (χ2v) is 6.37. The highest BCUT2D eigenvalue weighted by atomic mass is 35.5. The number of hydrogen-bond acceptors (Lipinski definition) is 4. The van der Waals surface area contributed by atoms with Crippen molar-refractivity contribution in [2.75, 3.05) is 13.2 Å². The molecule has 0 spiro atoms. The van der Waals surface area contributed by atoms with Gasteiger partial charge >= 0.3 is 5.97 Å². The van der Waals surface area contributed by atoms with Crippen LogP contribution in [-0.4, -0.2) is 28.7 Å². The topological polar surface area (TPSA) is 53.4 Å². The highest BCUT2D eigenvalue weighted by molar-refractivity contribution is 6.37. The monoisotopic (exact) mass is 384 g/mol. The van der Waals surface area contributed by atoms with E-state index >= 15 is 0 Å². The Kier molecular flexibility index (Phi) is 8.09. The summed E-state index contributed by atoms with van der Waals surface area (Å²) >= 11 is 12.3. The molecule has 0 unspecified atom stereocenters. The van der Waals surface area contributed by atoms with Crippen molar-refractivity contribution in [2.45, 2.75) is 39.2 Å². The molecule has 2 aromatic rings. The Labute approximate surface area is 157 Å². The number of imidazole rings is 1. The number of esters is 1. The molecule has 0 aliphatic rings. The van der Waals surface area contributed by atoms with Crippen LogP contribution in [0.25, 0.3) is 0 Å². The van der Waals surface area contributed by atoms with Gasteiger partial charge in [-0.3, -0.25) is 0 Å². The lowest BCUT2D eigenvalue weighted by Gasteiger charge is -2.11. The maximum absolute atomic E-state index is 11.7. The number of rotatable bonds is 10. The molecule has 1 aromatic heterocycles. The molecule has 0 saturated heterocycles. The van der Waals surface area contributed by atoms with E-state index in [-0.39, 0.29) is 0 Å². The molecule has 2 rings (SSSR count). The molecule has 0 radical (unpaired) electrons. The van der Waals surface area contributed by atoms with E-state index in [1.165, 1.54) is 12.1 Å². The number of aromatic nitrogens is 2. The van der Waals surface area contributed by atoms with Crippen LogP contribution in [0.15, 0.2) is 30.9 Å². The van der Waals surface area contributed by atoms with Crippen LogP contribution < -0.4 is 4.74 Å². The first-order chi connectivity index (χ1) is 12.1. The summed E-state index contributed by atoms with van der Waals surface area (Å²) in [6, 6.07) is 3.04. The first kappa shape index (κ1) is 19.6. The third kappa shape index (κ3) is 6.25. The highest BCUT2D eigenvalue weighted by Crippen LogP contribution is 2.34. The Bertz CT molecular complexity index is 652. The SMILES string of the molecule is CCOC(=O)c1cc(Cl)c(OCCCCCCn2ccnc2)c(Cl)c1. The van der Waals surface area contributed by atoms with Gasteiger partial charge in [0, 0.05) is 18.9 Å². The second kappa shape index (κ2) is 10.3. The predicted octanol–water partition coefficient (Wildman–Crippen LogP) is 5.01. The Morgan fingerprint density at radius 3 is 2.52 bits per heavy atom. The maximum atomic E-state index is 11.7. The third-order valence-electron chi connectivity index (χ3n) is 3.63. The van der Waals surface area contributed by atoms with E-state index in [0.29, 0.717) is 34.6 Å². The molecule has 7 heteroatoms. The zero-order valence-corrected chi connectivity index (χ0v) is 15.7. The molecule has 0 fully saturated rings. The molecule has 0 bridgehead atoms. The Hall–Kier alpha value is -1.72. The fourth-order valence-electron chi connectivity index (χ4n) is 2.37. The van der Waals surface area contributed by atoms with Crippen molar-refractivity contribution in [3.8, 4) is 5.75 Å². The number of halogens is 2. The molecule has 1 heterocycles. The van der Waals surface area contributed by atoms with Crippen molar-refractivity contribution in [3.05, 3.63) is 46.5 Å². The van der Waals surface area contributed by atoms with Gasteiger partial charge in [0.05, 0.1) is 35.1 Å². The quantitative estimate of drug-likeness (QED) is 0.426. The van der Waals surface area contributed by atoms with Gasteiger partial charge in [-0.1, -0.05) is 36.0 Å². The molecule has 136 valence electrons. The smallest absolute Gasteiger partial charge is 0.338 e. The number of aryl methyl sites for hydroxylation is 1. The van der Waals surface area contributed by atoms with Gasteiger partial charge in [-0.05, 0) is 31.9 Å². The fourth-order valence-corrected chi connectivity index (χ4v) is 2.97. The van der Waals surface area contributed by atoms with Crippen LogP contribution in [0.1, 0.15) is 43.0 Å². The average Bonchev–Trinajstić information content (AvgIpc) is 3.09. The van der Waals surface area contributed by atoms with Crippen LogP contribution in [-0.2, 0) is 11.3 Å². The zero-order chi connectivity index (χ0) is 18.1. The molecule has 0 N–H and O–H groups in total. The number of carbonyl (C=O) groups is 1. The molecule has 25 heavy (non-hydrogen) atoms. The number of carbonyl (C=O) groups excluding carboxylic acids is 1. The first-order valence-electron chi connectivity index (χ1n) is 8.36. The number of benzene rings is 1. The molecule has 1 aromatic carbocycles. The largest absolute Gasteiger partial charge is 0.490 e. The summed E-state index contributed by atoms with van der Waals surface area (Å²) in [7, 11) is 0. The normalized spacial score (nSPS) is 10.7. The van der Waals surface area contributed by atoms with Gasteiger partial charge in [0.15, 0.2) is 5.75 Å². The molecule has 5 nitrogen and oxygen atoms in total. The van der Waals surface area contributed by atoms with Crippen molar-refractivity contribution in [2.24, 2.45) is 0 Å². The average molecular weight is 385 g/mol. The van der Waals surface area contributed by atoms with Crippen molar-refractivity contribution < 1.29 is 14.3 Å². The standard InChI is InChI=1S/C18H22Cl2N2O3/c1-2-24-18(23)14-11-15(19)17(16(20)12-14)25-10-6-4-3-5-8-22-9-7-21-13-22/h7,9,11-13H,2-6,8,10H2,1H3. The molecule has 0 saturated carbocycles. The van der Waals surface area contributed by atoms with Crippen LogP contribution in [0.5, 0.6) is 5.75 Å². The van der Waals surface area contributed by atoms with Crippen molar-refractivity contribution in [3.63, 3.8) is 0 Å². The van der Waals surface area contributed by atoms with E-state index in [2.05, 4.69) is 9.55 Å². The van der Waals surface area contributed by atoms with Gasteiger partial charge in [-0.15, -0.1) is 0 Å². The molecule has 0 aliphatic carbocycles. The highest BCUT2D eigenvalue weighted by Gasteiger charge is 2.14. The van der Waals surface area contributed by atoms with E-state index < -0.39 is 5.97 Å². The van der Waals surface area contributed by atoms with E-state index in [9.17, 15) is 4.79 Å². The second-order valence-electron chi connectivity index (χ2n) is 5.55. The third-order valence-corrected chi connectivity index (χ3v) is 4.19. The van der Waals surface area contributed by atoms with Crippen molar-refractivity contribution in [1.82, 2.24) is 9.55 Å². The summed E-state index contributed by atoms with van der Waals surface area (Å²) in [5.74, 6) is -0.0365. The van der Waals surface area contributed by atoms with Crippen LogP contribution in [0.4, 0.5) is 0 Å². The van der Waals surface area contributed by atoms with Crippen LogP contribution in [0, 0.1) is 0 Å². The van der Waals surface area contributed by atoms with Gasteiger partial charge in [0.25, 0.3) is 0 Å². The van der Waals surface area contributed by atoms with Gasteiger partial charge in [0.2, 0.25) is 0 Å². The van der Waals surface area contributed by atoms with Gasteiger partial charge < -0.3 is 14.0 Å². The molecular formula is C18H22Cl2N2O3. The lowest BCUT2D eigenvalue weighted by atomic mass is 10.2. The van der Waals surface area contributed by atoms with Crippen LogP contribution in [0.2, 0.25) is 10.0 Å². The van der Waals surface area contributed by atoms with E-state index in [1.807, 2.05) is 12.5 Å². The summed E-state index contributed by atoms with van der Waals surface area (Å²) in [6.07, 6.45) is 9.77. The van der Waals surface area contributed by atoms with Crippen LogP contribution in [0.3, 0.4) is 0 Å². The maximum Gasteiger partial charge on any atom is 0.338 e. The minimum atomic E-state index is -0.448. The molecular weight excluding hydrogens is 363 g/mol. The molecule has 0 aliphatic heterocycles. The van der Waals surface area contributed by atoms with Crippen molar-refractivity contribution in [1.29, 1.82) is 0 Å². The minimum Gasteiger partial charge on any atom is -0.490 e. The fraction of sp³-hybridized carbons (Fsp3) is 0.444. The lowest BCUT2D eigenvalue weighted by Crippen LogP contribution is -2.06. The predicted molar refractivity (Wildman–Crippen MR) is 98.6 cm³/mol. The van der Waals surface area contributed by atoms with Crippen molar-refractivity contribution >= 4 is 29.2 Å². The number of ether oxygens (including phenoxy) is 2. The summed E-state index contributed by atoms with van der Waals surface area (Å²) in [4.78, 5) is 15.7. The molecule has 0 atom stereocenters. The van der Waals surface area contributed by atoms with Gasteiger partial charge in [-0.2, -0.15) is 0 Å². The zero-order valence-electron chi connectivity index (χ0n) is 14.2. The van der Waals surface area contributed by atoms with Gasteiger partial charge in [0.1, 0.15) is 0 Å². The first-order valence-corrected chi connectivity index (χ1v) is 9.12. The Morgan fingerprint density at radius 2 is 1.88 bits per heavy atom. The van der Waals surface area contributed by atoms with Crippen LogP contribution >= 0.6 is 23.2 Å². The lowest BCUT2D eigenvalue weighted by molar-refractivity contribution is 0.0526. The molecule has 0 amide bonds.